The van der Waals surface area contributed by atoms with E-state index in [2.05, 4.69) is 4.90 Å². The van der Waals surface area contributed by atoms with Gasteiger partial charge in [0, 0.05) is 18.2 Å². The number of carbonyl (C=O) groups is 1. The van der Waals surface area contributed by atoms with E-state index in [1.165, 1.54) is 0 Å². The van der Waals surface area contributed by atoms with Gasteiger partial charge in [-0.05, 0) is 31.9 Å². The Balaban J connectivity index is 2.26. The van der Waals surface area contributed by atoms with Crippen molar-refractivity contribution in [3.8, 4) is 11.5 Å². The SMILES string of the molecule is CCC1(C(=O)O)CCCN1Cc1ccc(OC)cc1OC. The number of methoxy groups -OCH3 is 2. The van der Waals surface area contributed by atoms with Gasteiger partial charge in [-0.1, -0.05) is 13.0 Å². The standard InChI is InChI=1S/C16H23NO4/c1-4-16(15(18)19)8-5-9-17(16)11-12-6-7-13(20-2)10-14(12)21-3/h6-7,10H,4-5,8-9,11H2,1-3H3,(H,18,19). The Hall–Kier alpha value is -1.75. The summed E-state index contributed by atoms with van der Waals surface area (Å²) in [5.41, 5.74) is 0.240. The molecule has 0 spiro atoms. The van der Waals surface area contributed by atoms with Crippen molar-refractivity contribution in [3.63, 3.8) is 0 Å². The van der Waals surface area contributed by atoms with Gasteiger partial charge in [-0.25, -0.2) is 0 Å². The molecule has 116 valence electrons. The number of likely N-dealkylation sites (tertiary alicyclic amines) is 1. The zero-order chi connectivity index (χ0) is 15.5. The first-order valence-electron chi connectivity index (χ1n) is 7.26. The van der Waals surface area contributed by atoms with E-state index in [0.29, 0.717) is 19.4 Å². The second-order valence-electron chi connectivity index (χ2n) is 5.39. The third-order valence-electron chi connectivity index (χ3n) is 4.46. The van der Waals surface area contributed by atoms with Gasteiger partial charge in [0.1, 0.15) is 17.0 Å². The summed E-state index contributed by atoms with van der Waals surface area (Å²) in [6, 6.07) is 5.65. The fourth-order valence-corrected chi connectivity index (χ4v) is 3.15. The van der Waals surface area contributed by atoms with Crippen LogP contribution in [0.15, 0.2) is 18.2 Å². The highest BCUT2D eigenvalue weighted by atomic mass is 16.5. The summed E-state index contributed by atoms with van der Waals surface area (Å²) in [5, 5.41) is 9.63. The summed E-state index contributed by atoms with van der Waals surface area (Å²) in [6.07, 6.45) is 2.23. The normalized spacial score (nSPS) is 22.2. The number of hydrogen-bond donors (Lipinski definition) is 1. The summed E-state index contributed by atoms with van der Waals surface area (Å²) in [7, 11) is 3.23. The first-order chi connectivity index (χ1) is 10.1. The Labute approximate surface area is 125 Å². The van der Waals surface area contributed by atoms with Gasteiger partial charge in [-0.15, -0.1) is 0 Å². The van der Waals surface area contributed by atoms with Crippen molar-refractivity contribution in [1.82, 2.24) is 4.90 Å². The maximum Gasteiger partial charge on any atom is 0.324 e. The lowest BCUT2D eigenvalue weighted by molar-refractivity contribution is -0.150. The van der Waals surface area contributed by atoms with E-state index in [0.717, 1.165) is 30.0 Å². The number of aliphatic carboxylic acids is 1. The summed E-state index contributed by atoms with van der Waals surface area (Å²) in [5.74, 6) is 0.739. The van der Waals surface area contributed by atoms with Crippen LogP contribution in [0.1, 0.15) is 31.7 Å². The smallest absolute Gasteiger partial charge is 0.324 e. The summed E-state index contributed by atoms with van der Waals surface area (Å²) in [6.45, 7) is 3.32. The van der Waals surface area contributed by atoms with Crippen molar-refractivity contribution < 1.29 is 19.4 Å². The highest BCUT2D eigenvalue weighted by Gasteiger charge is 2.46. The molecule has 0 bridgehead atoms. The first-order valence-corrected chi connectivity index (χ1v) is 7.26. The van der Waals surface area contributed by atoms with Crippen molar-refractivity contribution in [2.75, 3.05) is 20.8 Å². The highest BCUT2D eigenvalue weighted by molar-refractivity contribution is 5.79. The Morgan fingerprint density at radius 2 is 2.14 bits per heavy atom. The van der Waals surface area contributed by atoms with Crippen LogP contribution in [0, 0.1) is 0 Å². The van der Waals surface area contributed by atoms with Crippen LogP contribution in [0.25, 0.3) is 0 Å². The molecule has 2 rings (SSSR count). The number of nitrogens with zero attached hydrogens (tertiary/aromatic N) is 1. The van der Waals surface area contributed by atoms with Gasteiger partial charge in [-0.3, -0.25) is 9.69 Å². The van der Waals surface area contributed by atoms with Crippen molar-refractivity contribution >= 4 is 5.97 Å². The Kier molecular flexibility index (Phi) is 4.73. The fraction of sp³-hybridized carbons (Fsp3) is 0.562. The van der Waals surface area contributed by atoms with Gasteiger partial charge in [0.25, 0.3) is 0 Å². The summed E-state index contributed by atoms with van der Waals surface area (Å²) < 4.78 is 10.6. The first kappa shape index (κ1) is 15.6. The number of benzene rings is 1. The zero-order valence-corrected chi connectivity index (χ0v) is 12.9. The topological polar surface area (TPSA) is 59.0 Å². The van der Waals surface area contributed by atoms with E-state index in [1.54, 1.807) is 14.2 Å². The van der Waals surface area contributed by atoms with E-state index in [4.69, 9.17) is 9.47 Å². The minimum absolute atomic E-state index is 0.577. The Morgan fingerprint density at radius 3 is 2.71 bits per heavy atom. The predicted molar refractivity (Wildman–Crippen MR) is 79.8 cm³/mol. The molecule has 0 radical (unpaired) electrons. The number of ether oxygens (including phenoxy) is 2. The molecule has 1 aromatic rings. The van der Waals surface area contributed by atoms with Crippen LogP contribution in [0.3, 0.4) is 0 Å². The molecule has 1 saturated heterocycles. The van der Waals surface area contributed by atoms with Crippen molar-refractivity contribution in [2.45, 2.75) is 38.3 Å². The van der Waals surface area contributed by atoms with E-state index in [-0.39, 0.29) is 0 Å². The second kappa shape index (κ2) is 6.35. The maximum atomic E-state index is 11.7. The molecule has 1 N–H and O–H groups in total. The summed E-state index contributed by atoms with van der Waals surface area (Å²) >= 11 is 0. The van der Waals surface area contributed by atoms with Crippen LogP contribution in [-0.2, 0) is 11.3 Å². The number of carboxylic acid groups (broad SMARTS) is 1. The van der Waals surface area contributed by atoms with Crippen LogP contribution in [-0.4, -0.2) is 42.3 Å². The zero-order valence-electron chi connectivity index (χ0n) is 12.9. The number of rotatable bonds is 6. The minimum Gasteiger partial charge on any atom is -0.497 e. The largest absolute Gasteiger partial charge is 0.497 e. The molecular formula is C16H23NO4. The van der Waals surface area contributed by atoms with Crippen LogP contribution in [0.2, 0.25) is 0 Å². The third-order valence-corrected chi connectivity index (χ3v) is 4.46. The molecule has 0 amide bonds. The lowest BCUT2D eigenvalue weighted by atomic mass is 9.92. The number of hydrogen-bond acceptors (Lipinski definition) is 4. The Bertz CT molecular complexity index is 517. The van der Waals surface area contributed by atoms with E-state index >= 15 is 0 Å². The molecular weight excluding hydrogens is 270 g/mol. The van der Waals surface area contributed by atoms with Crippen LogP contribution in [0.5, 0.6) is 11.5 Å². The van der Waals surface area contributed by atoms with Gasteiger partial charge in [0.15, 0.2) is 0 Å². The van der Waals surface area contributed by atoms with Crippen LogP contribution >= 0.6 is 0 Å². The lowest BCUT2D eigenvalue weighted by Gasteiger charge is -2.34. The predicted octanol–water partition coefficient (Wildman–Crippen LogP) is 2.53. The molecule has 1 heterocycles. The average Bonchev–Trinajstić information content (AvgIpc) is 2.91. The van der Waals surface area contributed by atoms with Crippen molar-refractivity contribution in [3.05, 3.63) is 23.8 Å². The molecule has 0 aliphatic carbocycles. The fourth-order valence-electron chi connectivity index (χ4n) is 3.15. The van der Waals surface area contributed by atoms with Crippen molar-refractivity contribution in [2.24, 2.45) is 0 Å². The van der Waals surface area contributed by atoms with Gasteiger partial charge < -0.3 is 14.6 Å². The van der Waals surface area contributed by atoms with E-state index < -0.39 is 11.5 Å². The van der Waals surface area contributed by atoms with Gasteiger partial charge >= 0.3 is 5.97 Å². The molecule has 1 aliphatic rings. The molecule has 1 atom stereocenters. The van der Waals surface area contributed by atoms with E-state index in [9.17, 15) is 9.90 Å². The molecule has 1 fully saturated rings. The highest BCUT2D eigenvalue weighted by Crippen LogP contribution is 2.36. The van der Waals surface area contributed by atoms with Gasteiger partial charge in [0.2, 0.25) is 0 Å². The molecule has 5 heteroatoms. The van der Waals surface area contributed by atoms with Gasteiger partial charge in [-0.2, -0.15) is 0 Å². The molecule has 1 aromatic carbocycles. The molecule has 1 aliphatic heterocycles. The van der Waals surface area contributed by atoms with Gasteiger partial charge in [0.05, 0.1) is 14.2 Å². The van der Waals surface area contributed by atoms with Crippen LogP contribution < -0.4 is 9.47 Å². The lowest BCUT2D eigenvalue weighted by Crippen LogP contribution is -2.49. The monoisotopic (exact) mass is 293 g/mol. The summed E-state index contributed by atoms with van der Waals surface area (Å²) in [4.78, 5) is 13.8. The molecule has 5 nitrogen and oxygen atoms in total. The molecule has 0 aromatic heterocycles. The molecule has 21 heavy (non-hydrogen) atoms. The van der Waals surface area contributed by atoms with E-state index in [1.807, 2.05) is 25.1 Å². The van der Waals surface area contributed by atoms with Crippen molar-refractivity contribution in [1.29, 1.82) is 0 Å². The van der Waals surface area contributed by atoms with Crippen LogP contribution in [0.4, 0.5) is 0 Å². The minimum atomic E-state index is -0.745. The second-order valence-corrected chi connectivity index (χ2v) is 5.39. The quantitative estimate of drug-likeness (QED) is 0.873. The molecule has 0 saturated carbocycles. The molecule has 1 unspecified atom stereocenters. The third kappa shape index (κ3) is 2.83. The average molecular weight is 293 g/mol. The maximum absolute atomic E-state index is 11.7. The number of carboxylic acids is 1. The Morgan fingerprint density at radius 1 is 1.38 bits per heavy atom.